The molecular formula is C20H18ClF3O5. The fraction of sp³-hybridized carbons (Fsp3) is 0.350. The highest BCUT2D eigenvalue weighted by Gasteiger charge is 2.53. The number of methoxy groups -OCH3 is 1. The molecule has 0 aromatic heterocycles. The van der Waals surface area contributed by atoms with Crippen molar-refractivity contribution in [3.8, 4) is 11.5 Å². The van der Waals surface area contributed by atoms with Gasteiger partial charge in [-0.2, -0.15) is 13.2 Å². The highest BCUT2D eigenvalue weighted by atomic mass is 35.5. The van der Waals surface area contributed by atoms with Gasteiger partial charge in [0.25, 0.3) is 0 Å². The first-order valence-electron chi connectivity index (χ1n) is 8.57. The molecule has 0 amide bonds. The van der Waals surface area contributed by atoms with Gasteiger partial charge >= 0.3 is 12.1 Å². The van der Waals surface area contributed by atoms with Gasteiger partial charge in [-0.15, -0.1) is 0 Å². The number of fused-ring (bicyclic) bond motifs is 1. The summed E-state index contributed by atoms with van der Waals surface area (Å²) in [5.41, 5.74) is -1.08. The van der Waals surface area contributed by atoms with Crippen LogP contribution in [0.25, 0.3) is 0 Å². The number of alkyl halides is 3. The van der Waals surface area contributed by atoms with E-state index < -0.39 is 29.2 Å². The molecule has 1 aliphatic carbocycles. The Morgan fingerprint density at radius 2 is 2.03 bits per heavy atom. The molecule has 0 saturated heterocycles. The van der Waals surface area contributed by atoms with Crippen LogP contribution in [0.2, 0.25) is 0 Å². The van der Waals surface area contributed by atoms with Gasteiger partial charge in [-0.05, 0) is 31.5 Å². The van der Waals surface area contributed by atoms with Gasteiger partial charge in [-0.3, -0.25) is 0 Å². The molecule has 1 aromatic carbocycles. The summed E-state index contributed by atoms with van der Waals surface area (Å²) in [6.45, 7) is 3.42. The standard InChI is InChI=1S/C20H18ClF3O5/c1-10-4-5-13(15(6-10)27-3)28-14-7-16-19(2,9-12(14)21)8-11(18(25)26)17(29-16)20(22,23)24/h4-8,17H,9H2,1-3H3,(H,25,26)/t17-,19?/m1/s1. The number of hydrogen-bond donors (Lipinski definition) is 1. The Labute approximate surface area is 170 Å². The zero-order valence-electron chi connectivity index (χ0n) is 15.8. The molecule has 1 heterocycles. The predicted octanol–water partition coefficient (Wildman–Crippen LogP) is 5.10. The number of allylic oxidation sites excluding steroid dienone is 3. The van der Waals surface area contributed by atoms with E-state index in [1.165, 1.54) is 13.2 Å². The van der Waals surface area contributed by atoms with E-state index in [0.29, 0.717) is 11.5 Å². The number of aliphatic carboxylic acids is 1. The number of aryl methyl sites for hydroxylation is 1. The molecule has 29 heavy (non-hydrogen) atoms. The minimum atomic E-state index is -4.89. The zero-order valence-corrected chi connectivity index (χ0v) is 16.5. The molecule has 0 fully saturated rings. The second-order valence-electron chi connectivity index (χ2n) is 7.07. The average Bonchev–Trinajstić information content (AvgIpc) is 2.61. The van der Waals surface area contributed by atoms with Gasteiger partial charge in [0, 0.05) is 17.9 Å². The molecule has 1 unspecified atom stereocenters. The van der Waals surface area contributed by atoms with Crippen molar-refractivity contribution in [2.24, 2.45) is 5.41 Å². The number of benzene rings is 1. The predicted molar refractivity (Wildman–Crippen MR) is 98.7 cm³/mol. The van der Waals surface area contributed by atoms with Crippen LogP contribution in [0, 0.1) is 12.3 Å². The third kappa shape index (κ3) is 4.07. The van der Waals surface area contributed by atoms with Gasteiger partial charge in [0.15, 0.2) is 11.5 Å². The minimum absolute atomic E-state index is 0.0191. The van der Waals surface area contributed by atoms with Crippen molar-refractivity contribution in [1.82, 2.24) is 0 Å². The molecule has 0 spiro atoms. The molecule has 1 aromatic rings. The molecule has 2 aliphatic rings. The van der Waals surface area contributed by atoms with Crippen LogP contribution >= 0.6 is 11.6 Å². The lowest BCUT2D eigenvalue weighted by Crippen LogP contribution is -2.43. The van der Waals surface area contributed by atoms with E-state index in [4.69, 9.17) is 25.8 Å². The van der Waals surface area contributed by atoms with Crippen LogP contribution in [-0.2, 0) is 9.53 Å². The molecule has 1 aliphatic heterocycles. The Hall–Kier alpha value is -2.61. The van der Waals surface area contributed by atoms with Crippen molar-refractivity contribution in [3.05, 3.63) is 58.0 Å². The Kier molecular flexibility index (Phi) is 5.34. The first-order chi connectivity index (χ1) is 13.4. The van der Waals surface area contributed by atoms with E-state index >= 15 is 0 Å². The van der Waals surface area contributed by atoms with E-state index in [1.54, 1.807) is 25.1 Å². The summed E-state index contributed by atoms with van der Waals surface area (Å²) < 4.78 is 56.2. The summed E-state index contributed by atoms with van der Waals surface area (Å²) in [6, 6.07) is 5.17. The molecule has 5 nitrogen and oxygen atoms in total. The third-order valence-electron chi connectivity index (χ3n) is 4.70. The number of hydrogen-bond acceptors (Lipinski definition) is 4. The monoisotopic (exact) mass is 430 g/mol. The molecule has 0 bridgehead atoms. The zero-order chi connectivity index (χ0) is 21.6. The number of halogens is 4. The van der Waals surface area contributed by atoms with Crippen molar-refractivity contribution >= 4 is 17.6 Å². The Balaban J connectivity index is 2.00. The number of rotatable bonds is 4. The SMILES string of the molecule is COc1cc(C)ccc1OC1=C(Cl)CC2(C)C=C(C(=O)O)[C@H](C(F)(F)F)OC2=C1. The fourth-order valence-electron chi connectivity index (χ4n) is 3.24. The van der Waals surface area contributed by atoms with Crippen LogP contribution in [0.5, 0.6) is 11.5 Å². The van der Waals surface area contributed by atoms with Gasteiger partial charge in [-0.25, -0.2) is 4.79 Å². The summed E-state index contributed by atoms with van der Waals surface area (Å²) in [6.07, 6.45) is -5.14. The van der Waals surface area contributed by atoms with Crippen LogP contribution < -0.4 is 9.47 Å². The molecule has 0 saturated carbocycles. The smallest absolute Gasteiger partial charge is 0.429 e. The van der Waals surface area contributed by atoms with E-state index in [-0.39, 0.29) is 23.0 Å². The Morgan fingerprint density at radius 1 is 1.34 bits per heavy atom. The Morgan fingerprint density at radius 3 is 2.62 bits per heavy atom. The van der Waals surface area contributed by atoms with Gasteiger partial charge in [-0.1, -0.05) is 23.7 Å². The van der Waals surface area contributed by atoms with Gasteiger partial charge in [0.1, 0.15) is 11.5 Å². The Bertz CT molecular complexity index is 948. The maximum atomic E-state index is 13.4. The topological polar surface area (TPSA) is 65.0 Å². The first kappa shape index (κ1) is 21.1. The van der Waals surface area contributed by atoms with Crippen molar-refractivity contribution in [2.75, 3.05) is 7.11 Å². The first-order valence-corrected chi connectivity index (χ1v) is 8.95. The summed E-state index contributed by atoms with van der Waals surface area (Å²) in [5.74, 6) is -0.903. The summed E-state index contributed by atoms with van der Waals surface area (Å²) in [7, 11) is 1.46. The minimum Gasteiger partial charge on any atom is -0.493 e. The second-order valence-corrected chi connectivity index (χ2v) is 7.53. The van der Waals surface area contributed by atoms with Crippen molar-refractivity contribution in [1.29, 1.82) is 0 Å². The van der Waals surface area contributed by atoms with Crippen molar-refractivity contribution in [3.63, 3.8) is 0 Å². The molecule has 3 rings (SSSR count). The highest BCUT2D eigenvalue weighted by molar-refractivity contribution is 6.30. The largest absolute Gasteiger partial charge is 0.493 e. The number of carbonyl (C=O) groups is 1. The lowest BCUT2D eigenvalue weighted by atomic mass is 9.77. The maximum absolute atomic E-state index is 13.4. The second kappa shape index (κ2) is 7.33. The number of ether oxygens (including phenoxy) is 3. The lowest BCUT2D eigenvalue weighted by molar-refractivity contribution is -0.206. The lowest BCUT2D eigenvalue weighted by Gasteiger charge is -2.40. The molecule has 0 radical (unpaired) electrons. The normalized spacial score (nSPS) is 24.2. The third-order valence-corrected chi connectivity index (χ3v) is 5.02. The van der Waals surface area contributed by atoms with Crippen molar-refractivity contribution < 1.29 is 37.3 Å². The van der Waals surface area contributed by atoms with E-state index in [9.17, 15) is 23.1 Å². The molecule has 9 heteroatoms. The maximum Gasteiger partial charge on any atom is 0.429 e. The molecule has 2 atom stereocenters. The molecular weight excluding hydrogens is 413 g/mol. The van der Waals surface area contributed by atoms with E-state index in [1.807, 2.05) is 6.92 Å². The van der Waals surface area contributed by atoms with Crippen LogP contribution in [0.3, 0.4) is 0 Å². The number of carboxylic acid groups (broad SMARTS) is 1. The fourth-order valence-corrected chi connectivity index (χ4v) is 3.61. The van der Waals surface area contributed by atoms with Gasteiger partial charge < -0.3 is 19.3 Å². The summed E-state index contributed by atoms with van der Waals surface area (Å²) in [4.78, 5) is 11.4. The van der Waals surface area contributed by atoms with Crippen LogP contribution in [-0.4, -0.2) is 30.5 Å². The van der Waals surface area contributed by atoms with Crippen LogP contribution in [0.15, 0.2) is 52.5 Å². The number of carboxylic acids is 1. The van der Waals surface area contributed by atoms with Gasteiger partial charge in [0.05, 0.1) is 17.7 Å². The van der Waals surface area contributed by atoms with Crippen LogP contribution in [0.1, 0.15) is 18.9 Å². The van der Waals surface area contributed by atoms with Crippen LogP contribution in [0.4, 0.5) is 13.2 Å². The molecule has 1 N–H and O–H groups in total. The van der Waals surface area contributed by atoms with E-state index in [2.05, 4.69) is 0 Å². The summed E-state index contributed by atoms with van der Waals surface area (Å²) >= 11 is 6.34. The van der Waals surface area contributed by atoms with Gasteiger partial charge in [0.2, 0.25) is 6.10 Å². The summed E-state index contributed by atoms with van der Waals surface area (Å²) in [5, 5.41) is 9.43. The van der Waals surface area contributed by atoms with E-state index in [0.717, 1.165) is 11.6 Å². The average molecular weight is 431 g/mol. The quantitative estimate of drug-likeness (QED) is 0.720. The highest BCUT2D eigenvalue weighted by Crippen LogP contribution is 2.50. The van der Waals surface area contributed by atoms with Crippen molar-refractivity contribution in [2.45, 2.75) is 32.5 Å². The molecule has 156 valence electrons.